The number of nitrogens with zero attached hydrogens (tertiary/aromatic N) is 2. The normalized spacial score (nSPS) is 10.2. The van der Waals surface area contributed by atoms with Gasteiger partial charge in [0, 0.05) is 23.5 Å². The standard InChI is InChI=1S/2C8H9NO3.H3O4P/c2*1-5-8(12)7(4-11)6(3-10)2-9-5;1-5(2,3)4/h2*2,4,10,12H,3H2,1H3;(H3,1,2,3,4). The molecule has 0 bridgehead atoms. The number of phosphoric acid groups is 1. The summed E-state index contributed by atoms with van der Waals surface area (Å²) in [5.41, 5.74) is 1.68. The molecule has 160 valence electrons. The monoisotopic (exact) mass is 432 g/mol. The van der Waals surface area contributed by atoms with Crippen molar-refractivity contribution in [1.82, 2.24) is 9.97 Å². The van der Waals surface area contributed by atoms with E-state index in [1.165, 1.54) is 12.4 Å². The van der Waals surface area contributed by atoms with Crippen LogP contribution in [0.2, 0.25) is 0 Å². The minimum absolute atomic E-state index is 0.116. The van der Waals surface area contributed by atoms with E-state index in [1.54, 1.807) is 13.8 Å². The van der Waals surface area contributed by atoms with Gasteiger partial charge in [-0.1, -0.05) is 0 Å². The van der Waals surface area contributed by atoms with Gasteiger partial charge in [-0.3, -0.25) is 19.6 Å². The number of aromatic nitrogens is 2. The Hall–Kier alpha value is -2.73. The van der Waals surface area contributed by atoms with E-state index in [9.17, 15) is 19.8 Å². The number of aliphatic hydroxyl groups excluding tert-OH is 2. The van der Waals surface area contributed by atoms with Crippen LogP contribution >= 0.6 is 7.82 Å². The van der Waals surface area contributed by atoms with Crippen LogP contribution < -0.4 is 0 Å². The molecular formula is C16H21N2O10P. The highest BCUT2D eigenvalue weighted by Crippen LogP contribution is 2.26. The first-order chi connectivity index (χ1) is 13.4. The van der Waals surface area contributed by atoms with E-state index in [1.807, 2.05) is 0 Å². The van der Waals surface area contributed by atoms with Crippen LogP contribution in [0.4, 0.5) is 0 Å². The fourth-order valence-corrected chi connectivity index (χ4v) is 1.82. The lowest BCUT2D eigenvalue weighted by atomic mass is 10.1. The van der Waals surface area contributed by atoms with Gasteiger partial charge in [-0.15, -0.1) is 0 Å². The molecule has 0 radical (unpaired) electrons. The van der Waals surface area contributed by atoms with E-state index in [0.29, 0.717) is 35.1 Å². The molecule has 0 fully saturated rings. The third kappa shape index (κ3) is 8.87. The van der Waals surface area contributed by atoms with E-state index < -0.39 is 7.82 Å². The van der Waals surface area contributed by atoms with Crippen molar-refractivity contribution >= 4 is 20.4 Å². The Morgan fingerprint density at radius 2 is 1.10 bits per heavy atom. The first kappa shape index (κ1) is 26.3. The third-order valence-electron chi connectivity index (χ3n) is 3.29. The summed E-state index contributed by atoms with van der Waals surface area (Å²) in [5.74, 6) is -0.312. The largest absolute Gasteiger partial charge is 0.505 e. The quantitative estimate of drug-likeness (QED) is 0.248. The maximum Gasteiger partial charge on any atom is 0.466 e. The predicted molar refractivity (Wildman–Crippen MR) is 98.2 cm³/mol. The average molecular weight is 432 g/mol. The maximum absolute atomic E-state index is 10.5. The molecule has 0 atom stereocenters. The maximum atomic E-state index is 10.5. The molecule has 0 aromatic carbocycles. The molecule has 29 heavy (non-hydrogen) atoms. The first-order valence-corrected chi connectivity index (χ1v) is 9.22. The van der Waals surface area contributed by atoms with Crippen LogP contribution in [0.5, 0.6) is 11.5 Å². The van der Waals surface area contributed by atoms with Gasteiger partial charge in [0.15, 0.2) is 12.6 Å². The molecule has 0 saturated carbocycles. The summed E-state index contributed by atoms with van der Waals surface area (Å²) in [5, 5.41) is 36.1. The summed E-state index contributed by atoms with van der Waals surface area (Å²) in [4.78, 5) is 50.1. The Labute approximate surface area is 165 Å². The smallest absolute Gasteiger partial charge is 0.466 e. The number of hydrogen-bond acceptors (Lipinski definition) is 9. The Kier molecular flexibility index (Phi) is 10.8. The van der Waals surface area contributed by atoms with Crippen LogP contribution in [0, 0.1) is 13.8 Å². The molecule has 0 aliphatic rings. The molecule has 2 aromatic rings. The van der Waals surface area contributed by atoms with Crippen LogP contribution in [0.25, 0.3) is 0 Å². The van der Waals surface area contributed by atoms with E-state index in [0.717, 1.165) is 0 Å². The van der Waals surface area contributed by atoms with Gasteiger partial charge in [-0.05, 0) is 13.8 Å². The number of aryl methyl sites for hydroxylation is 2. The summed E-state index contributed by atoms with van der Waals surface area (Å²) in [6, 6.07) is 0. The molecule has 0 amide bonds. The summed E-state index contributed by atoms with van der Waals surface area (Å²) in [6.45, 7) is 2.58. The second-order valence-corrected chi connectivity index (χ2v) is 6.35. The zero-order chi connectivity index (χ0) is 22.8. The molecule has 12 nitrogen and oxygen atoms in total. The van der Waals surface area contributed by atoms with Gasteiger partial charge in [-0.2, -0.15) is 0 Å². The molecule has 0 spiro atoms. The summed E-state index contributed by atoms with van der Waals surface area (Å²) >= 11 is 0. The van der Waals surface area contributed by atoms with Crippen molar-refractivity contribution in [3.8, 4) is 11.5 Å². The van der Waals surface area contributed by atoms with E-state index >= 15 is 0 Å². The molecule has 2 aromatic heterocycles. The number of rotatable bonds is 4. The first-order valence-electron chi connectivity index (χ1n) is 7.66. The number of hydrogen-bond donors (Lipinski definition) is 7. The van der Waals surface area contributed by atoms with Crippen LogP contribution in [0.1, 0.15) is 43.2 Å². The topological polar surface area (TPSA) is 219 Å². The minimum atomic E-state index is -4.64. The lowest BCUT2D eigenvalue weighted by molar-refractivity contribution is 0.111. The summed E-state index contributed by atoms with van der Waals surface area (Å²) in [7, 11) is -4.64. The fourth-order valence-electron chi connectivity index (χ4n) is 1.82. The van der Waals surface area contributed by atoms with E-state index in [4.69, 9.17) is 29.5 Å². The summed E-state index contributed by atoms with van der Waals surface area (Å²) < 4.78 is 8.88. The predicted octanol–water partition coefficient (Wildman–Crippen LogP) is -0.128. The lowest BCUT2D eigenvalue weighted by Crippen LogP contribution is -1.96. The molecule has 7 N–H and O–H groups in total. The van der Waals surface area contributed by atoms with Crippen molar-refractivity contribution in [2.75, 3.05) is 0 Å². The Balaban J connectivity index is 0.000000442. The number of carbonyl (C=O) groups excluding carboxylic acids is 2. The second-order valence-electron chi connectivity index (χ2n) is 5.33. The van der Waals surface area contributed by atoms with Crippen molar-refractivity contribution < 1.29 is 49.3 Å². The van der Waals surface area contributed by atoms with Gasteiger partial charge in [0.2, 0.25) is 0 Å². The number of pyridine rings is 2. The van der Waals surface area contributed by atoms with Crippen LogP contribution in [0.15, 0.2) is 12.4 Å². The Morgan fingerprint density at radius 1 is 0.828 bits per heavy atom. The van der Waals surface area contributed by atoms with Gasteiger partial charge < -0.3 is 35.1 Å². The van der Waals surface area contributed by atoms with Crippen molar-refractivity contribution in [1.29, 1.82) is 0 Å². The molecule has 2 heterocycles. The molecular weight excluding hydrogens is 411 g/mol. The van der Waals surface area contributed by atoms with Crippen LogP contribution in [0.3, 0.4) is 0 Å². The Morgan fingerprint density at radius 3 is 1.31 bits per heavy atom. The zero-order valence-corrected chi connectivity index (χ0v) is 16.3. The minimum Gasteiger partial charge on any atom is -0.505 e. The van der Waals surface area contributed by atoms with Crippen LogP contribution in [-0.2, 0) is 17.8 Å². The molecule has 0 unspecified atom stereocenters. The highest BCUT2D eigenvalue weighted by molar-refractivity contribution is 7.45. The number of aldehydes is 2. The molecule has 0 aliphatic carbocycles. The summed E-state index contributed by atoms with van der Waals surface area (Å²) in [6.07, 6.45) is 3.77. The van der Waals surface area contributed by atoms with Gasteiger partial charge in [-0.25, -0.2) is 4.57 Å². The lowest BCUT2D eigenvalue weighted by Gasteiger charge is -2.04. The zero-order valence-electron chi connectivity index (χ0n) is 15.4. The fraction of sp³-hybridized carbons (Fsp3) is 0.250. The van der Waals surface area contributed by atoms with Crippen molar-refractivity contribution in [3.05, 3.63) is 46.0 Å². The second kappa shape index (κ2) is 12.0. The highest BCUT2D eigenvalue weighted by Gasteiger charge is 2.10. The van der Waals surface area contributed by atoms with Crippen molar-refractivity contribution in [3.63, 3.8) is 0 Å². The van der Waals surface area contributed by atoms with Gasteiger partial charge in [0.1, 0.15) is 11.5 Å². The van der Waals surface area contributed by atoms with E-state index in [-0.39, 0.29) is 35.8 Å². The number of aromatic hydroxyl groups is 2. The van der Waals surface area contributed by atoms with Gasteiger partial charge >= 0.3 is 7.82 Å². The van der Waals surface area contributed by atoms with Crippen molar-refractivity contribution in [2.45, 2.75) is 27.1 Å². The molecule has 13 heteroatoms. The molecule has 0 aliphatic heterocycles. The van der Waals surface area contributed by atoms with Crippen molar-refractivity contribution in [2.24, 2.45) is 0 Å². The van der Waals surface area contributed by atoms with Crippen LogP contribution in [-0.4, -0.2) is 57.6 Å². The Bertz CT molecular complexity index is 826. The molecule has 0 saturated heterocycles. The number of carbonyl (C=O) groups is 2. The van der Waals surface area contributed by atoms with Gasteiger partial charge in [0.25, 0.3) is 0 Å². The van der Waals surface area contributed by atoms with E-state index in [2.05, 4.69) is 9.97 Å². The third-order valence-corrected chi connectivity index (χ3v) is 3.29. The SMILES string of the molecule is Cc1ncc(CO)c(C=O)c1O.Cc1ncc(CO)c(C=O)c1O.O=P(O)(O)O. The number of aliphatic hydroxyl groups is 2. The van der Waals surface area contributed by atoms with Gasteiger partial charge in [0.05, 0.1) is 35.7 Å². The highest BCUT2D eigenvalue weighted by atomic mass is 31.2. The molecule has 2 rings (SSSR count). The average Bonchev–Trinajstić information content (AvgIpc) is 2.65.